The minimum atomic E-state index is -0.147. The zero-order valence-electron chi connectivity index (χ0n) is 13.8. The lowest BCUT2D eigenvalue weighted by Gasteiger charge is -2.08. The number of nitrogens with zero attached hydrogens (tertiary/aromatic N) is 1. The van der Waals surface area contributed by atoms with E-state index in [4.69, 9.17) is 4.52 Å². The topological polar surface area (TPSA) is 88.0 Å². The number of carbonyl (C=O) groups is 1. The summed E-state index contributed by atoms with van der Waals surface area (Å²) in [5.74, 6) is 1.70. The van der Waals surface area contributed by atoms with Crippen molar-refractivity contribution in [1.29, 1.82) is 0 Å². The molecule has 0 aliphatic heterocycles. The molecular weight excluding hydrogens is 314 g/mol. The molecule has 2 aromatic rings. The monoisotopic (exact) mass is 335 g/mol. The van der Waals surface area contributed by atoms with Crippen LogP contribution in [0.1, 0.15) is 33.8 Å². The molecule has 23 heavy (non-hydrogen) atoms. The van der Waals surface area contributed by atoms with Crippen molar-refractivity contribution >= 4 is 17.7 Å². The number of aromatic nitrogens is 2. The number of aryl methyl sites for hydroxylation is 4. The van der Waals surface area contributed by atoms with Gasteiger partial charge in [0.15, 0.2) is 0 Å². The van der Waals surface area contributed by atoms with Crippen molar-refractivity contribution in [3.63, 3.8) is 0 Å². The van der Waals surface area contributed by atoms with Gasteiger partial charge in [-0.15, -0.1) is 11.8 Å². The van der Waals surface area contributed by atoms with Crippen molar-refractivity contribution in [2.24, 2.45) is 0 Å². The van der Waals surface area contributed by atoms with Crippen molar-refractivity contribution in [3.8, 4) is 0 Å². The van der Waals surface area contributed by atoms with E-state index >= 15 is 0 Å². The number of nitrogens with one attached hydrogen (secondary N) is 2. The fraction of sp³-hybridized carbons (Fsp3) is 0.438. The van der Waals surface area contributed by atoms with Crippen molar-refractivity contribution in [3.05, 3.63) is 50.3 Å². The summed E-state index contributed by atoms with van der Waals surface area (Å²) in [5, 5.41) is 6.68. The molecule has 0 saturated heterocycles. The van der Waals surface area contributed by atoms with E-state index in [0.29, 0.717) is 17.1 Å². The van der Waals surface area contributed by atoms with Gasteiger partial charge < -0.3 is 14.8 Å². The van der Waals surface area contributed by atoms with Crippen LogP contribution in [-0.2, 0) is 17.1 Å². The molecule has 0 fully saturated rings. The van der Waals surface area contributed by atoms with Gasteiger partial charge in [-0.1, -0.05) is 5.16 Å². The zero-order chi connectivity index (χ0) is 17.0. The minimum absolute atomic E-state index is 0.0962. The van der Waals surface area contributed by atoms with E-state index < -0.39 is 0 Å². The summed E-state index contributed by atoms with van der Waals surface area (Å²) in [5.41, 5.74) is 4.05. The first-order chi connectivity index (χ1) is 10.9. The normalized spacial score (nSPS) is 10.8. The van der Waals surface area contributed by atoms with Gasteiger partial charge in [-0.3, -0.25) is 9.59 Å². The Labute approximate surface area is 139 Å². The molecule has 0 radical (unpaired) electrons. The summed E-state index contributed by atoms with van der Waals surface area (Å²) in [7, 11) is 0. The SMILES string of the molecule is Cc1cc(C)c(CNC(=O)CSCc2c(C)noc2C)c(=O)[nH]1. The molecule has 2 aromatic heterocycles. The van der Waals surface area contributed by atoms with Gasteiger partial charge in [0.1, 0.15) is 5.76 Å². The van der Waals surface area contributed by atoms with Crippen molar-refractivity contribution in [2.75, 3.05) is 5.75 Å². The van der Waals surface area contributed by atoms with E-state index in [1.165, 1.54) is 11.8 Å². The molecule has 0 spiro atoms. The first-order valence-corrected chi connectivity index (χ1v) is 8.49. The fourth-order valence-electron chi connectivity index (χ4n) is 2.29. The van der Waals surface area contributed by atoms with Crippen molar-refractivity contribution in [1.82, 2.24) is 15.5 Å². The van der Waals surface area contributed by atoms with Crippen LogP contribution in [0.5, 0.6) is 0 Å². The number of carbonyl (C=O) groups excluding carboxylic acids is 1. The first-order valence-electron chi connectivity index (χ1n) is 7.34. The lowest BCUT2D eigenvalue weighted by atomic mass is 10.1. The van der Waals surface area contributed by atoms with Crippen LogP contribution in [0.3, 0.4) is 0 Å². The highest BCUT2D eigenvalue weighted by Crippen LogP contribution is 2.19. The highest BCUT2D eigenvalue weighted by Gasteiger charge is 2.11. The molecule has 2 N–H and O–H groups in total. The fourth-order valence-corrected chi connectivity index (χ4v) is 3.30. The Morgan fingerprint density at radius 3 is 2.65 bits per heavy atom. The van der Waals surface area contributed by atoms with Crippen LogP contribution in [-0.4, -0.2) is 21.8 Å². The van der Waals surface area contributed by atoms with E-state index in [1.54, 1.807) is 0 Å². The Kier molecular flexibility index (Phi) is 5.65. The van der Waals surface area contributed by atoms with E-state index in [-0.39, 0.29) is 18.0 Å². The summed E-state index contributed by atoms with van der Waals surface area (Å²) in [4.78, 5) is 26.6. The van der Waals surface area contributed by atoms with E-state index in [1.807, 2.05) is 33.8 Å². The molecule has 0 aromatic carbocycles. The van der Waals surface area contributed by atoms with Gasteiger partial charge in [-0.25, -0.2) is 0 Å². The van der Waals surface area contributed by atoms with Crippen LogP contribution in [0.25, 0.3) is 0 Å². The van der Waals surface area contributed by atoms with E-state index in [0.717, 1.165) is 28.3 Å². The molecule has 0 atom stereocenters. The molecule has 7 heteroatoms. The molecule has 0 saturated carbocycles. The number of aromatic amines is 1. The van der Waals surface area contributed by atoms with Gasteiger partial charge in [-0.2, -0.15) is 0 Å². The van der Waals surface area contributed by atoms with Gasteiger partial charge >= 0.3 is 0 Å². The molecule has 6 nitrogen and oxygen atoms in total. The molecule has 2 rings (SSSR count). The number of hydrogen-bond donors (Lipinski definition) is 2. The number of pyridine rings is 1. The molecule has 0 aliphatic carbocycles. The number of rotatable bonds is 6. The summed E-state index contributed by atoms with van der Waals surface area (Å²) < 4.78 is 5.09. The molecule has 124 valence electrons. The molecule has 0 unspecified atom stereocenters. The quantitative estimate of drug-likeness (QED) is 0.844. The molecule has 0 aliphatic rings. The van der Waals surface area contributed by atoms with Crippen LogP contribution >= 0.6 is 11.8 Å². The largest absolute Gasteiger partial charge is 0.361 e. The number of H-pyrrole nitrogens is 1. The maximum Gasteiger partial charge on any atom is 0.253 e. The molecule has 2 heterocycles. The molecule has 0 bridgehead atoms. The third kappa shape index (κ3) is 4.48. The first kappa shape index (κ1) is 17.3. The molecular formula is C16H21N3O3S. The number of hydrogen-bond acceptors (Lipinski definition) is 5. The third-order valence-corrected chi connectivity index (χ3v) is 4.58. The summed E-state index contributed by atoms with van der Waals surface area (Å²) in [6, 6.07) is 1.90. The maximum absolute atomic E-state index is 11.9. The van der Waals surface area contributed by atoms with Crippen LogP contribution in [0.15, 0.2) is 15.4 Å². The standard InChI is InChI=1S/C16H21N3O3S/c1-9-5-10(2)18-16(21)13(9)6-17-15(20)8-23-7-14-11(3)19-22-12(14)4/h5H,6-8H2,1-4H3,(H,17,20)(H,18,21). The third-order valence-electron chi connectivity index (χ3n) is 3.62. The number of thioether (sulfide) groups is 1. The average Bonchev–Trinajstić information content (AvgIpc) is 2.78. The van der Waals surface area contributed by atoms with Gasteiger partial charge in [-0.05, 0) is 39.3 Å². The molecule has 1 amide bonds. The number of amides is 1. The Morgan fingerprint density at radius 1 is 1.30 bits per heavy atom. The predicted molar refractivity (Wildman–Crippen MR) is 90.5 cm³/mol. The lowest BCUT2D eigenvalue weighted by Crippen LogP contribution is -2.29. The second-order valence-corrected chi connectivity index (χ2v) is 6.50. The van der Waals surface area contributed by atoms with E-state index in [9.17, 15) is 9.59 Å². The maximum atomic E-state index is 11.9. The lowest BCUT2D eigenvalue weighted by molar-refractivity contribution is -0.118. The van der Waals surface area contributed by atoms with Crippen LogP contribution in [0.4, 0.5) is 0 Å². The predicted octanol–water partition coefficient (Wildman–Crippen LogP) is 2.15. The summed E-state index contributed by atoms with van der Waals surface area (Å²) in [6.07, 6.45) is 0. The Balaban J connectivity index is 1.83. The summed E-state index contributed by atoms with van der Waals surface area (Å²) >= 11 is 1.50. The Hall–Kier alpha value is -2.02. The highest BCUT2D eigenvalue weighted by molar-refractivity contribution is 7.99. The average molecular weight is 335 g/mol. The van der Waals surface area contributed by atoms with Crippen molar-refractivity contribution < 1.29 is 9.32 Å². The van der Waals surface area contributed by atoms with Crippen LogP contribution in [0.2, 0.25) is 0 Å². The zero-order valence-corrected chi connectivity index (χ0v) is 14.6. The second-order valence-electron chi connectivity index (χ2n) is 5.52. The van der Waals surface area contributed by atoms with Crippen molar-refractivity contribution in [2.45, 2.75) is 40.0 Å². The minimum Gasteiger partial charge on any atom is -0.361 e. The Bertz CT molecular complexity index is 745. The van der Waals surface area contributed by atoms with Gasteiger partial charge in [0.2, 0.25) is 5.91 Å². The van der Waals surface area contributed by atoms with Crippen LogP contribution < -0.4 is 10.9 Å². The smallest absolute Gasteiger partial charge is 0.253 e. The second kappa shape index (κ2) is 7.50. The highest BCUT2D eigenvalue weighted by atomic mass is 32.2. The summed E-state index contributed by atoms with van der Waals surface area (Å²) in [6.45, 7) is 7.70. The van der Waals surface area contributed by atoms with Crippen LogP contribution in [0, 0.1) is 27.7 Å². The Morgan fingerprint density at radius 2 is 2.04 bits per heavy atom. The van der Waals surface area contributed by atoms with Gasteiger partial charge in [0, 0.05) is 29.1 Å². The van der Waals surface area contributed by atoms with Gasteiger partial charge in [0.05, 0.1) is 11.4 Å². The van der Waals surface area contributed by atoms with Gasteiger partial charge in [0.25, 0.3) is 5.56 Å². The van der Waals surface area contributed by atoms with E-state index in [2.05, 4.69) is 15.5 Å².